The summed E-state index contributed by atoms with van der Waals surface area (Å²) in [6.45, 7) is 23.5. The van der Waals surface area contributed by atoms with Crippen molar-refractivity contribution in [1.29, 1.82) is 0 Å². The third kappa shape index (κ3) is 5.01. The summed E-state index contributed by atoms with van der Waals surface area (Å²) in [5, 5.41) is 0. The lowest BCUT2D eigenvalue weighted by molar-refractivity contribution is 0.387. The van der Waals surface area contributed by atoms with Gasteiger partial charge in [0.2, 0.25) is 0 Å². The second kappa shape index (κ2) is 9.97. The van der Waals surface area contributed by atoms with E-state index in [1.54, 1.807) is 14.2 Å². The molecule has 0 saturated heterocycles. The number of alkyl halides is 1. The molecule has 0 aliphatic rings. The van der Waals surface area contributed by atoms with Crippen molar-refractivity contribution in [2.45, 2.75) is 77.0 Å². The highest BCUT2D eigenvalue weighted by Gasteiger charge is 2.34. The van der Waals surface area contributed by atoms with E-state index in [0.717, 1.165) is 57.7 Å². The van der Waals surface area contributed by atoms with Crippen molar-refractivity contribution in [3.8, 4) is 11.5 Å². The Morgan fingerprint density at radius 3 is 1.30 bits per heavy atom. The summed E-state index contributed by atoms with van der Waals surface area (Å²) in [5.41, 5.74) is 6.04. The van der Waals surface area contributed by atoms with E-state index in [9.17, 15) is 0 Å². The van der Waals surface area contributed by atoms with Crippen molar-refractivity contribution < 1.29 is 9.47 Å². The predicted octanol–water partition coefficient (Wildman–Crippen LogP) is 8.87. The van der Waals surface area contributed by atoms with Gasteiger partial charge in [0.15, 0.2) is 0 Å². The molecule has 2 aromatic rings. The molecule has 0 aliphatic heterocycles. The summed E-state index contributed by atoms with van der Waals surface area (Å²) in [6, 6.07) is 8.59. The van der Waals surface area contributed by atoms with E-state index in [0.29, 0.717) is 0 Å². The van der Waals surface area contributed by atoms with Gasteiger partial charge in [-0.2, -0.15) is 0 Å². The summed E-state index contributed by atoms with van der Waals surface area (Å²) < 4.78 is 11.7. The Morgan fingerprint density at radius 1 is 0.727 bits per heavy atom. The van der Waals surface area contributed by atoms with Crippen molar-refractivity contribution in [2.75, 3.05) is 14.2 Å². The first-order chi connectivity index (χ1) is 15.3. The Hall–Kier alpha value is -2.19. The minimum atomic E-state index is -0.773. The SMILES string of the molecule is C=Cc1cc(C(C)(Cl)c2cc(C=C)c(OC)c(C(C)(C)CC)c2)cc(C(C)(C)CC)c1OC. The van der Waals surface area contributed by atoms with Crippen LogP contribution in [0.1, 0.15) is 94.7 Å². The summed E-state index contributed by atoms with van der Waals surface area (Å²) >= 11 is 7.42. The molecule has 2 nitrogen and oxygen atoms in total. The van der Waals surface area contributed by atoms with Crippen molar-refractivity contribution in [2.24, 2.45) is 0 Å². The zero-order chi connectivity index (χ0) is 25.2. The number of hydrogen-bond acceptors (Lipinski definition) is 2. The van der Waals surface area contributed by atoms with Crippen LogP contribution in [0.4, 0.5) is 0 Å². The maximum atomic E-state index is 7.42. The average molecular weight is 469 g/mol. The summed E-state index contributed by atoms with van der Waals surface area (Å²) in [7, 11) is 3.44. The quantitative estimate of drug-likeness (QED) is 0.324. The van der Waals surface area contributed by atoms with Crippen LogP contribution in [0.5, 0.6) is 11.5 Å². The second-order valence-corrected chi connectivity index (χ2v) is 10.9. The van der Waals surface area contributed by atoms with Gasteiger partial charge in [-0.3, -0.25) is 0 Å². The van der Waals surface area contributed by atoms with Gasteiger partial charge >= 0.3 is 0 Å². The molecule has 180 valence electrons. The first-order valence-corrected chi connectivity index (χ1v) is 12.1. The molecule has 0 aromatic heterocycles. The molecule has 0 aliphatic carbocycles. The van der Waals surface area contributed by atoms with E-state index >= 15 is 0 Å². The Morgan fingerprint density at radius 2 is 1.06 bits per heavy atom. The third-order valence-electron chi connectivity index (χ3n) is 7.39. The molecule has 0 N–H and O–H groups in total. The van der Waals surface area contributed by atoms with Crippen LogP contribution in [-0.2, 0) is 15.7 Å². The average Bonchev–Trinajstić information content (AvgIpc) is 2.81. The van der Waals surface area contributed by atoms with Gasteiger partial charge in [-0.25, -0.2) is 0 Å². The summed E-state index contributed by atoms with van der Waals surface area (Å²) in [5.74, 6) is 1.73. The Balaban J connectivity index is 2.89. The van der Waals surface area contributed by atoms with Gasteiger partial charge in [-0.05, 0) is 66.0 Å². The molecule has 0 spiro atoms. The predicted molar refractivity (Wildman–Crippen MR) is 145 cm³/mol. The first kappa shape index (κ1) is 27.1. The minimum Gasteiger partial charge on any atom is -0.496 e. The number of hydrogen-bond donors (Lipinski definition) is 0. The molecule has 0 radical (unpaired) electrons. The largest absolute Gasteiger partial charge is 0.496 e. The molecule has 33 heavy (non-hydrogen) atoms. The highest BCUT2D eigenvalue weighted by molar-refractivity contribution is 6.25. The highest BCUT2D eigenvalue weighted by atomic mass is 35.5. The molecule has 2 rings (SSSR count). The van der Waals surface area contributed by atoms with E-state index in [4.69, 9.17) is 21.1 Å². The van der Waals surface area contributed by atoms with E-state index in [-0.39, 0.29) is 10.8 Å². The lowest BCUT2D eigenvalue weighted by atomic mass is 9.76. The van der Waals surface area contributed by atoms with Gasteiger partial charge in [0.25, 0.3) is 0 Å². The Labute approximate surface area is 206 Å². The number of ether oxygens (including phenoxy) is 2. The smallest absolute Gasteiger partial charge is 0.129 e. The molecular formula is C30H41ClO2. The lowest BCUT2D eigenvalue weighted by Gasteiger charge is -2.33. The molecule has 0 atom stereocenters. The fourth-order valence-electron chi connectivity index (χ4n) is 4.16. The number of benzene rings is 2. The van der Waals surface area contributed by atoms with Crippen LogP contribution in [0.25, 0.3) is 12.2 Å². The number of methoxy groups -OCH3 is 2. The van der Waals surface area contributed by atoms with E-state index in [1.165, 1.54) is 0 Å². The van der Waals surface area contributed by atoms with Crippen molar-refractivity contribution in [1.82, 2.24) is 0 Å². The van der Waals surface area contributed by atoms with Gasteiger partial charge in [0.1, 0.15) is 11.5 Å². The molecule has 0 fully saturated rings. The fourth-order valence-corrected chi connectivity index (χ4v) is 4.37. The Bertz CT molecular complexity index is 947. The van der Waals surface area contributed by atoms with Gasteiger partial charge in [-0.1, -0.05) is 66.9 Å². The van der Waals surface area contributed by atoms with Crippen molar-refractivity contribution >= 4 is 23.8 Å². The zero-order valence-corrected chi connectivity index (χ0v) is 22.7. The topological polar surface area (TPSA) is 18.5 Å². The van der Waals surface area contributed by atoms with Gasteiger partial charge in [0.05, 0.1) is 19.1 Å². The standard InChI is InChI=1S/C30H41ClO2/c1-12-20-16-22(18-24(26(20)32-10)28(5,6)14-3)30(9,31)23-17-21(13-2)27(33-11)25(19-23)29(7,8)15-4/h12-13,16-19H,1-2,14-15H2,3-11H3. The van der Waals surface area contributed by atoms with Crippen LogP contribution in [0, 0.1) is 0 Å². The third-order valence-corrected chi connectivity index (χ3v) is 7.83. The molecule has 0 saturated carbocycles. The molecule has 0 unspecified atom stereocenters. The molecular weight excluding hydrogens is 428 g/mol. The van der Waals surface area contributed by atoms with Crippen LogP contribution in [-0.4, -0.2) is 14.2 Å². The van der Waals surface area contributed by atoms with Crippen LogP contribution in [0.2, 0.25) is 0 Å². The molecule has 0 amide bonds. The van der Waals surface area contributed by atoms with Crippen LogP contribution >= 0.6 is 11.6 Å². The summed E-state index contributed by atoms with van der Waals surface area (Å²) in [4.78, 5) is -0.773. The van der Waals surface area contributed by atoms with Crippen LogP contribution < -0.4 is 9.47 Å². The van der Waals surface area contributed by atoms with Crippen molar-refractivity contribution in [3.05, 3.63) is 70.8 Å². The summed E-state index contributed by atoms with van der Waals surface area (Å²) in [6.07, 6.45) is 5.64. The second-order valence-electron chi connectivity index (χ2n) is 10.2. The molecule has 0 heterocycles. The molecule has 3 heteroatoms. The monoisotopic (exact) mass is 468 g/mol. The zero-order valence-electron chi connectivity index (χ0n) is 22.0. The number of halogens is 1. The van der Waals surface area contributed by atoms with E-state index in [2.05, 4.69) is 85.9 Å². The maximum Gasteiger partial charge on any atom is 0.129 e. The van der Waals surface area contributed by atoms with Gasteiger partial charge < -0.3 is 9.47 Å². The lowest BCUT2D eigenvalue weighted by Crippen LogP contribution is -2.23. The van der Waals surface area contributed by atoms with Crippen LogP contribution in [0.3, 0.4) is 0 Å². The van der Waals surface area contributed by atoms with Crippen molar-refractivity contribution in [3.63, 3.8) is 0 Å². The van der Waals surface area contributed by atoms with E-state index < -0.39 is 4.87 Å². The fraction of sp³-hybridized carbons (Fsp3) is 0.467. The normalized spacial score (nSPS) is 12.4. The van der Waals surface area contributed by atoms with Gasteiger partial charge in [-0.15, -0.1) is 11.6 Å². The Kier molecular flexibility index (Phi) is 8.18. The maximum absolute atomic E-state index is 7.42. The van der Waals surface area contributed by atoms with E-state index in [1.807, 2.05) is 12.2 Å². The van der Waals surface area contributed by atoms with Crippen LogP contribution in [0.15, 0.2) is 37.4 Å². The number of rotatable bonds is 10. The highest BCUT2D eigenvalue weighted by Crippen LogP contribution is 2.47. The molecule has 2 aromatic carbocycles. The molecule has 0 bridgehead atoms. The first-order valence-electron chi connectivity index (χ1n) is 11.7. The van der Waals surface area contributed by atoms with Gasteiger partial charge in [0, 0.05) is 22.3 Å². The minimum absolute atomic E-state index is 0.0758.